The van der Waals surface area contributed by atoms with Gasteiger partial charge in [0.25, 0.3) is 5.69 Å². The number of carbonyl (C=O) groups is 1. The van der Waals surface area contributed by atoms with Gasteiger partial charge in [0.2, 0.25) is 0 Å². The van der Waals surface area contributed by atoms with Crippen molar-refractivity contribution in [3.63, 3.8) is 0 Å². The molecule has 0 aliphatic carbocycles. The molecule has 0 aromatic heterocycles. The monoisotopic (exact) mass is 367 g/mol. The highest BCUT2D eigenvalue weighted by molar-refractivity contribution is 7.99. The van der Waals surface area contributed by atoms with Crippen LogP contribution in [0.5, 0.6) is 0 Å². The maximum atomic E-state index is 12.2. The molecule has 7 nitrogen and oxygen atoms in total. The van der Waals surface area contributed by atoms with Crippen molar-refractivity contribution in [1.82, 2.24) is 4.90 Å². The summed E-state index contributed by atoms with van der Waals surface area (Å²) in [5.74, 6) is 0.868. The van der Waals surface area contributed by atoms with Crippen molar-refractivity contribution in [2.75, 3.05) is 36.8 Å². The van der Waals surface area contributed by atoms with Gasteiger partial charge in [-0.3, -0.25) is 10.1 Å². The number of thioether (sulfide) groups is 1. The fraction of sp³-hybridized carbons (Fsp3) is 0.588. The molecule has 8 heteroatoms. The van der Waals surface area contributed by atoms with E-state index in [0.29, 0.717) is 19.6 Å². The minimum Gasteiger partial charge on any atom is -0.444 e. The zero-order valence-corrected chi connectivity index (χ0v) is 16.0. The predicted octanol–water partition coefficient (Wildman–Crippen LogP) is 3.76. The Morgan fingerprint density at radius 3 is 2.76 bits per heavy atom. The summed E-state index contributed by atoms with van der Waals surface area (Å²) in [6.45, 7) is 10.1. The topological polar surface area (TPSA) is 75.9 Å². The molecule has 1 aliphatic rings. The summed E-state index contributed by atoms with van der Waals surface area (Å²) in [5.41, 5.74) is 0.580. The van der Waals surface area contributed by atoms with Gasteiger partial charge in [-0.1, -0.05) is 0 Å². The molecule has 1 aliphatic heterocycles. The lowest BCUT2D eigenvalue weighted by atomic mass is 10.2. The molecule has 0 saturated carbocycles. The molecule has 0 unspecified atom stereocenters. The fourth-order valence-electron chi connectivity index (χ4n) is 2.56. The molecule has 1 aromatic carbocycles. The van der Waals surface area contributed by atoms with Crippen LogP contribution in [0.1, 0.15) is 27.7 Å². The number of benzene rings is 1. The highest BCUT2D eigenvalue weighted by atomic mass is 32.2. The molecule has 1 amide bonds. The molecule has 138 valence electrons. The second kappa shape index (κ2) is 7.95. The third-order valence-electron chi connectivity index (χ3n) is 3.79. The van der Waals surface area contributed by atoms with Crippen molar-refractivity contribution in [1.29, 1.82) is 0 Å². The van der Waals surface area contributed by atoms with Gasteiger partial charge in [-0.15, -0.1) is 11.8 Å². The average Bonchev–Trinajstić information content (AvgIpc) is 2.53. The first kappa shape index (κ1) is 19.4. The molecule has 0 atom stereocenters. The summed E-state index contributed by atoms with van der Waals surface area (Å²) in [7, 11) is 0. The number of carbonyl (C=O) groups excluding carboxylic acids is 1. The summed E-state index contributed by atoms with van der Waals surface area (Å²) in [6.07, 6.45) is -0.315. The van der Waals surface area contributed by atoms with Crippen LogP contribution in [-0.2, 0) is 4.74 Å². The normalized spacial score (nSPS) is 14.0. The predicted molar refractivity (Wildman–Crippen MR) is 99.5 cm³/mol. The molecule has 0 N–H and O–H groups in total. The number of likely N-dealkylation sites (N-methyl/N-ethyl adjacent to an activating group) is 1. The number of hydrogen-bond acceptors (Lipinski definition) is 6. The summed E-state index contributed by atoms with van der Waals surface area (Å²) >= 11 is 1.63. The van der Waals surface area contributed by atoms with Crippen LogP contribution in [-0.4, -0.2) is 53.4 Å². The molecule has 2 rings (SSSR count). The van der Waals surface area contributed by atoms with Crippen LogP contribution in [0.2, 0.25) is 0 Å². The van der Waals surface area contributed by atoms with E-state index in [2.05, 4.69) is 4.90 Å². The van der Waals surface area contributed by atoms with Gasteiger partial charge in [0.1, 0.15) is 5.60 Å². The molecule has 0 saturated heterocycles. The van der Waals surface area contributed by atoms with Crippen molar-refractivity contribution in [3.05, 3.63) is 28.3 Å². The van der Waals surface area contributed by atoms with E-state index < -0.39 is 5.60 Å². The highest BCUT2D eigenvalue weighted by Crippen LogP contribution is 2.37. The summed E-state index contributed by atoms with van der Waals surface area (Å²) in [6, 6.07) is 4.95. The van der Waals surface area contributed by atoms with Gasteiger partial charge >= 0.3 is 6.09 Å². The van der Waals surface area contributed by atoms with E-state index >= 15 is 0 Å². The van der Waals surface area contributed by atoms with Gasteiger partial charge in [-0.05, 0) is 33.8 Å². The molecular formula is C17H25N3O4S. The lowest BCUT2D eigenvalue weighted by Gasteiger charge is -2.33. The number of rotatable bonds is 5. The zero-order chi connectivity index (χ0) is 18.6. The van der Waals surface area contributed by atoms with E-state index in [4.69, 9.17) is 4.74 Å². The Kier molecular flexibility index (Phi) is 6.16. The van der Waals surface area contributed by atoms with Crippen LogP contribution in [0.4, 0.5) is 16.2 Å². The number of nitrogens with zero attached hydrogens (tertiary/aromatic N) is 3. The highest BCUT2D eigenvalue weighted by Gasteiger charge is 2.24. The smallest absolute Gasteiger partial charge is 0.410 e. The van der Waals surface area contributed by atoms with E-state index in [1.54, 1.807) is 28.8 Å². The van der Waals surface area contributed by atoms with Crippen LogP contribution in [0.3, 0.4) is 0 Å². The Morgan fingerprint density at radius 2 is 2.16 bits per heavy atom. The maximum Gasteiger partial charge on any atom is 0.410 e. The average molecular weight is 367 g/mol. The Balaban J connectivity index is 2.04. The second-order valence-electron chi connectivity index (χ2n) is 6.80. The quantitative estimate of drug-likeness (QED) is 0.582. The zero-order valence-electron chi connectivity index (χ0n) is 15.2. The SMILES string of the molecule is CCN(CCN1CCSc2cc([N+](=O)[O-])ccc21)C(=O)OC(C)(C)C. The minimum absolute atomic E-state index is 0.108. The first-order valence-corrected chi connectivity index (χ1v) is 9.34. The number of ether oxygens (including phenoxy) is 1. The van der Waals surface area contributed by atoms with E-state index in [1.807, 2.05) is 27.7 Å². The fourth-order valence-corrected chi connectivity index (χ4v) is 3.64. The summed E-state index contributed by atoms with van der Waals surface area (Å²) in [5, 5.41) is 10.9. The molecular weight excluding hydrogens is 342 g/mol. The molecule has 1 heterocycles. The minimum atomic E-state index is -0.516. The number of nitro groups is 1. The first-order chi connectivity index (χ1) is 11.7. The van der Waals surface area contributed by atoms with Crippen LogP contribution < -0.4 is 4.90 Å². The van der Waals surface area contributed by atoms with Gasteiger partial charge < -0.3 is 14.5 Å². The third-order valence-corrected chi connectivity index (χ3v) is 4.81. The van der Waals surface area contributed by atoms with E-state index in [1.165, 1.54) is 6.07 Å². The molecule has 0 fully saturated rings. The summed E-state index contributed by atoms with van der Waals surface area (Å²) in [4.78, 5) is 27.6. The lowest BCUT2D eigenvalue weighted by Crippen LogP contribution is -2.42. The van der Waals surface area contributed by atoms with Crippen molar-refractivity contribution >= 4 is 29.2 Å². The molecule has 25 heavy (non-hydrogen) atoms. The number of amides is 1. The lowest BCUT2D eigenvalue weighted by molar-refractivity contribution is -0.385. The van der Waals surface area contributed by atoms with Crippen molar-refractivity contribution in [2.24, 2.45) is 0 Å². The molecule has 1 aromatic rings. The second-order valence-corrected chi connectivity index (χ2v) is 7.94. The Bertz CT molecular complexity index is 645. The molecule has 0 spiro atoms. The Hall–Kier alpha value is -1.96. The van der Waals surface area contributed by atoms with Crippen molar-refractivity contribution in [3.8, 4) is 0 Å². The number of non-ortho nitro benzene ring substituents is 1. The first-order valence-electron chi connectivity index (χ1n) is 8.35. The third kappa shape index (κ3) is 5.26. The Morgan fingerprint density at radius 1 is 1.44 bits per heavy atom. The van der Waals surface area contributed by atoms with Gasteiger partial charge in [0.05, 0.1) is 10.6 Å². The number of anilines is 1. The maximum absolute atomic E-state index is 12.2. The van der Waals surface area contributed by atoms with Crippen LogP contribution in [0, 0.1) is 10.1 Å². The van der Waals surface area contributed by atoms with Gasteiger partial charge in [-0.2, -0.15) is 0 Å². The van der Waals surface area contributed by atoms with E-state index in [0.717, 1.165) is 22.9 Å². The van der Waals surface area contributed by atoms with Gasteiger partial charge in [-0.25, -0.2) is 4.79 Å². The number of hydrogen-bond donors (Lipinski definition) is 0. The van der Waals surface area contributed by atoms with Crippen LogP contribution in [0.25, 0.3) is 0 Å². The van der Waals surface area contributed by atoms with E-state index in [-0.39, 0.29) is 16.7 Å². The molecule has 0 radical (unpaired) electrons. The summed E-state index contributed by atoms with van der Waals surface area (Å²) < 4.78 is 5.43. The largest absolute Gasteiger partial charge is 0.444 e. The standard InChI is InChI=1S/C17H25N3O4S/c1-5-18(16(21)24-17(2,3)4)8-9-19-10-11-25-15-12-13(20(22)23)6-7-14(15)19/h6-7,12H,5,8-11H2,1-4H3. The number of fused-ring (bicyclic) bond motifs is 1. The van der Waals surface area contributed by atoms with Gasteiger partial charge in [0, 0.05) is 49.0 Å². The van der Waals surface area contributed by atoms with E-state index in [9.17, 15) is 14.9 Å². The van der Waals surface area contributed by atoms with Crippen LogP contribution in [0.15, 0.2) is 23.1 Å². The number of nitro benzene ring substituents is 1. The van der Waals surface area contributed by atoms with Gasteiger partial charge in [0.15, 0.2) is 0 Å². The van der Waals surface area contributed by atoms with Crippen LogP contribution >= 0.6 is 11.8 Å². The Labute approximate surface area is 152 Å². The van der Waals surface area contributed by atoms with Crippen molar-refractivity contribution in [2.45, 2.75) is 38.2 Å². The molecule has 0 bridgehead atoms. The van der Waals surface area contributed by atoms with Crippen molar-refractivity contribution < 1.29 is 14.5 Å².